The van der Waals surface area contributed by atoms with E-state index in [-0.39, 0.29) is 23.7 Å². The van der Waals surface area contributed by atoms with Crippen LogP contribution in [0.25, 0.3) is 0 Å². The number of sulfonamides is 1. The first-order valence-electron chi connectivity index (χ1n) is 8.22. The summed E-state index contributed by atoms with van der Waals surface area (Å²) in [4.78, 5) is 10.4. The molecule has 2 aromatic carbocycles. The molecule has 8 nitrogen and oxygen atoms in total. The number of nitrogens with zero attached hydrogens (tertiary/aromatic N) is 2. The lowest BCUT2D eigenvalue weighted by molar-refractivity contribution is -0.385. The monoisotopic (exact) mass is 411 g/mol. The maximum absolute atomic E-state index is 13.0. The molecule has 3 rings (SSSR count). The van der Waals surface area contributed by atoms with Crippen molar-refractivity contribution < 1.29 is 18.1 Å². The van der Waals surface area contributed by atoms with Crippen molar-refractivity contribution in [1.82, 2.24) is 4.31 Å². The van der Waals surface area contributed by atoms with E-state index < -0.39 is 14.9 Å². The van der Waals surface area contributed by atoms with Gasteiger partial charge in [-0.05, 0) is 23.8 Å². The minimum absolute atomic E-state index is 0.124. The number of nitro benzene ring substituents is 1. The molecule has 0 saturated carbocycles. The largest absolute Gasteiger partial charge is 0.380 e. The van der Waals surface area contributed by atoms with E-state index in [1.807, 2.05) is 6.07 Å². The summed E-state index contributed by atoms with van der Waals surface area (Å²) in [6.07, 6.45) is 0. The Balaban J connectivity index is 1.94. The number of non-ortho nitro benzene ring substituents is 1. The summed E-state index contributed by atoms with van der Waals surface area (Å²) in [5.41, 5.74) is 0.873. The SMILES string of the molecule is O=[N+]([O-])c1ccc(NCc2cccc(Cl)c2)c(S(=O)(=O)N2CCOCC2)c1. The van der Waals surface area contributed by atoms with E-state index in [0.29, 0.717) is 30.5 Å². The number of anilines is 1. The number of nitro groups is 1. The van der Waals surface area contributed by atoms with Crippen molar-refractivity contribution >= 4 is 33.0 Å². The first kappa shape index (κ1) is 19.6. The van der Waals surface area contributed by atoms with Crippen LogP contribution in [0.4, 0.5) is 11.4 Å². The second-order valence-corrected chi connectivity index (χ2v) is 8.28. The van der Waals surface area contributed by atoms with Gasteiger partial charge in [0.15, 0.2) is 0 Å². The molecule has 1 saturated heterocycles. The quantitative estimate of drug-likeness (QED) is 0.579. The third-order valence-corrected chi connectivity index (χ3v) is 6.31. The van der Waals surface area contributed by atoms with Crippen molar-refractivity contribution in [2.24, 2.45) is 0 Å². The third-order valence-electron chi connectivity index (χ3n) is 4.14. The van der Waals surface area contributed by atoms with Crippen molar-refractivity contribution in [2.75, 3.05) is 31.6 Å². The molecule has 1 aliphatic rings. The minimum atomic E-state index is -3.90. The van der Waals surface area contributed by atoms with Crippen LogP contribution >= 0.6 is 11.6 Å². The maximum Gasteiger partial charge on any atom is 0.270 e. The lowest BCUT2D eigenvalue weighted by Gasteiger charge is -2.27. The van der Waals surface area contributed by atoms with Gasteiger partial charge in [0.25, 0.3) is 5.69 Å². The number of nitrogens with one attached hydrogen (secondary N) is 1. The number of hydrogen-bond acceptors (Lipinski definition) is 6. The Kier molecular flexibility index (Phi) is 5.95. The Labute approximate surface area is 161 Å². The van der Waals surface area contributed by atoms with Crippen LogP contribution in [-0.4, -0.2) is 43.9 Å². The number of hydrogen-bond donors (Lipinski definition) is 1. The van der Waals surface area contributed by atoms with Gasteiger partial charge in [-0.25, -0.2) is 8.42 Å². The maximum atomic E-state index is 13.0. The molecule has 27 heavy (non-hydrogen) atoms. The molecule has 1 fully saturated rings. The second kappa shape index (κ2) is 8.22. The highest BCUT2D eigenvalue weighted by atomic mass is 35.5. The normalized spacial score (nSPS) is 15.4. The van der Waals surface area contributed by atoms with Crippen LogP contribution in [0.15, 0.2) is 47.4 Å². The highest BCUT2D eigenvalue weighted by Crippen LogP contribution is 2.30. The average molecular weight is 412 g/mol. The van der Waals surface area contributed by atoms with Crippen molar-refractivity contribution in [1.29, 1.82) is 0 Å². The van der Waals surface area contributed by atoms with E-state index in [2.05, 4.69) is 5.32 Å². The topological polar surface area (TPSA) is 102 Å². The molecule has 1 N–H and O–H groups in total. The van der Waals surface area contributed by atoms with Crippen LogP contribution in [0, 0.1) is 10.1 Å². The summed E-state index contributed by atoms with van der Waals surface area (Å²) in [6.45, 7) is 1.32. The zero-order valence-electron chi connectivity index (χ0n) is 14.3. The molecule has 0 aliphatic carbocycles. The molecule has 0 amide bonds. The zero-order chi connectivity index (χ0) is 19.4. The van der Waals surface area contributed by atoms with E-state index in [4.69, 9.17) is 16.3 Å². The molecular formula is C17H18ClN3O5S. The van der Waals surface area contributed by atoms with Crippen molar-refractivity contribution in [2.45, 2.75) is 11.4 Å². The number of rotatable bonds is 6. The summed E-state index contributed by atoms with van der Waals surface area (Å²) in [5, 5.41) is 14.7. The van der Waals surface area contributed by atoms with Crippen molar-refractivity contribution in [3.63, 3.8) is 0 Å². The smallest absolute Gasteiger partial charge is 0.270 e. The summed E-state index contributed by atoms with van der Waals surface area (Å²) in [7, 11) is -3.90. The van der Waals surface area contributed by atoms with E-state index >= 15 is 0 Å². The summed E-state index contributed by atoms with van der Waals surface area (Å²) in [6, 6.07) is 10.9. The lowest BCUT2D eigenvalue weighted by atomic mass is 10.2. The van der Waals surface area contributed by atoms with Crippen LogP contribution < -0.4 is 5.32 Å². The fraction of sp³-hybridized carbons (Fsp3) is 0.294. The molecule has 2 aromatic rings. The number of halogens is 1. The second-order valence-electron chi connectivity index (χ2n) is 5.94. The van der Waals surface area contributed by atoms with Gasteiger partial charge in [-0.15, -0.1) is 0 Å². The van der Waals surface area contributed by atoms with E-state index in [1.165, 1.54) is 16.4 Å². The molecule has 0 bridgehead atoms. The van der Waals surface area contributed by atoms with E-state index in [9.17, 15) is 18.5 Å². The van der Waals surface area contributed by atoms with Gasteiger partial charge in [0.1, 0.15) is 4.90 Å². The van der Waals surface area contributed by atoms with Crippen molar-refractivity contribution in [3.05, 3.63) is 63.2 Å². The van der Waals surface area contributed by atoms with Gasteiger partial charge in [-0.1, -0.05) is 23.7 Å². The van der Waals surface area contributed by atoms with E-state index in [0.717, 1.165) is 11.6 Å². The summed E-state index contributed by atoms with van der Waals surface area (Å²) in [5.74, 6) is 0. The molecule has 0 atom stereocenters. The molecule has 1 aliphatic heterocycles. The van der Waals surface area contributed by atoms with Crippen LogP contribution in [0.3, 0.4) is 0 Å². The highest BCUT2D eigenvalue weighted by Gasteiger charge is 2.30. The van der Waals surface area contributed by atoms with Crippen LogP contribution in [0.5, 0.6) is 0 Å². The number of benzene rings is 2. The predicted molar refractivity (Wildman–Crippen MR) is 101 cm³/mol. The molecule has 0 radical (unpaired) electrons. The number of morpholine rings is 1. The Morgan fingerprint density at radius 3 is 2.59 bits per heavy atom. The Hall–Kier alpha value is -2.20. The van der Waals surface area contributed by atoms with Gasteiger partial charge in [-0.3, -0.25) is 10.1 Å². The zero-order valence-corrected chi connectivity index (χ0v) is 15.9. The molecule has 0 unspecified atom stereocenters. The minimum Gasteiger partial charge on any atom is -0.380 e. The first-order chi connectivity index (χ1) is 12.9. The fourth-order valence-corrected chi connectivity index (χ4v) is 4.56. The first-order valence-corrected chi connectivity index (χ1v) is 10.0. The van der Waals surface area contributed by atoms with Gasteiger partial charge >= 0.3 is 0 Å². The summed E-state index contributed by atoms with van der Waals surface area (Å²) < 4.78 is 32.5. The van der Waals surface area contributed by atoms with Crippen LogP contribution in [-0.2, 0) is 21.3 Å². The van der Waals surface area contributed by atoms with Crippen LogP contribution in [0.2, 0.25) is 5.02 Å². The molecular weight excluding hydrogens is 394 g/mol. The lowest BCUT2D eigenvalue weighted by Crippen LogP contribution is -2.40. The molecule has 0 spiro atoms. The Morgan fingerprint density at radius 2 is 1.93 bits per heavy atom. The Morgan fingerprint density at radius 1 is 1.19 bits per heavy atom. The predicted octanol–water partition coefficient (Wildman–Crippen LogP) is 2.88. The molecule has 10 heteroatoms. The van der Waals surface area contributed by atoms with Gasteiger partial charge in [-0.2, -0.15) is 4.31 Å². The Bertz CT molecular complexity index is 945. The molecule has 0 aromatic heterocycles. The van der Waals surface area contributed by atoms with Gasteiger partial charge in [0.2, 0.25) is 10.0 Å². The summed E-state index contributed by atoms with van der Waals surface area (Å²) >= 11 is 5.97. The van der Waals surface area contributed by atoms with Crippen LogP contribution in [0.1, 0.15) is 5.56 Å². The number of ether oxygens (including phenoxy) is 1. The van der Waals surface area contributed by atoms with E-state index in [1.54, 1.807) is 18.2 Å². The van der Waals surface area contributed by atoms with Gasteiger partial charge < -0.3 is 10.1 Å². The standard InChI is InChI=1S/C17H18ClN3O5S/c18-14-3-1-2-13(10-14)12-19-16-5-4-15(21(22)23)11-17(16)27(24,25)20-6-8-26-9-7-20/h1-5,10-11,19H,6-9,12H2. The molecule has 144 valence electrons. The third kappa shape index (κ3) is 4.56. The fourth-order valence-electron chi connectivity index (χ4n) is 2.75. The van der Waals surface area contributed by atoms with Gasteiger partial charge in [0.05, 0.1) is 23.8 Å². The van der Waals surface area contributed by atoms with Crippen molar-refractivity contribution in [3.8, 4) is 0 Å². The van der Waals surface area contributed by atoms with Gasteiger partial charge in [0, 0.05) is 36.8 Å². The molecule has 1 heterocycles. The highest BCUT2D eigenvalue weighted by molar-refractivity contribution is 7.89. The average Bonchev–Trinajstić information content (AvgIpc) is 2.67.